The summed E-state index contributed by atoms with van der Waals surface area (Å²) in [6.07, 6.45) is 0. The van der Waals surface area contributed by atoms with Gasteiger partial charge in [0, 0.05) is 6.54 Å². The van der Waals surface area contributed by atoms with Gasteiger partial charge in [-0.2, -0.15) is 8.42 Å². The maximum absolute atomic E-state index is 11.8. The van der Waals surface area contributed by atoms with Gasteiger partial charge in [-0.05, 0) is 12.1 Å². The standard InChI is InChI=1S/C16H27NO7S/c17-6-7-20-8-9-21-10-11-22-12-13-23-14-15-24-25(18,19)16-4-2-1-3-5-16/h1-5H,6-15,17H2. The highest BCUT2D eigenvalue weighted by atomic mass is 32.2. The van der Waals surface area contributed by atoms with Gasteiger partial charge in [-0.15, -0.1) is 0 Å². The topological polar surface area (TPSA) is 106 Å². The van der Waals surface area contributed by atoms with Gasteiger partial charge in [0.25, 0.3) is 10.1 Å². The fraction of sp³-hybridized carbons (Fsp3) is 0.625. The second-order valence-electron chi connectivity index (χ2n) is 4.83. The van der Waals surface area contributed by atoms with Gasteiger partial charge in [-0.25, -0.2) is 0 Å². The minimum atomic E-state index is -3.72. The van der Waals surface area contributed by atoms with Crippen LogP contribution in [-0.4, -0.2) is 74.4 Å². The van der Waals surface area contributed by atoms with Crippen molar-refractivity contribution in [3.63, 3.8) is 0 Å². The predicted octanol–water partition coefficient (Wildman–Crippen LogP) is 0.417. The third-order valence-electron chi connectivity index (χ3n) is 2.88. The Kier molecular flexibility index (Phi) is 12.4. The van der Waals surface area contributed by atoms with Crippen LogP contribution in [0.15, 0.2) is 35.2 Å². The van der Waals surface area contributed by atoms with Gasteiger partial charge in [0.1, 0.15) is 0 Å². The van der Waals surface area contributed by atoms with Gasteiger partial charge < -0.3 is 24.7 Å². The second kappa shape index (κ2) is 14.1. The van der Waals surface area contributed by atoms with E-state index in [0.717, 1.165) is 0 Å². The molecule has 25 heavy (non-hydrogen) atoms. The van der Waals surface area contributed by atoms with Crippen molar-refractivity contribution in [2.75, 3.05) is 66.0 Å². The smallest absolute Gasteiger partial charge is 0.297 e. The third kappa shape index (κ3) is 11.2. The van der Waals surface area contributed by atoms with Gasteiger partial charge >= 0.3 is 0 Å². The molecule has 0 aliphatic rings. The third-order valence-corrected chi connectivity index (χ3v) is 4.20. The lowest BCUT2D eigenvalue weighted by atomic mass is 10.4. The largest absolute Gasteiger partial charge is 0.378 e. The highest BCUT2D eigenvalue weighted by Crippen LogP contribution is 2.10. The quantitative estimate of drug-likeness (QED) is 0.326. The molecule has 0 heterocycles. The van der Waals surface area contributed by atoms with Crippen molar-refractivity contribution in [3.05, 3.63) is 30.3 Å². The monoisotopic (exact) mass is 377 g/mol. The lowest BCUT2D eigenvalue weighted by Crippen LogP contribution is -2.15. The molecular weight excluding hydrogens is 350 g/mol. The highest BCUT2D eigenvalue weighted by molar-refractivity contribution is 7.86. The van der Waals surface area contributed by atoms with Gasteiger partial charge in [0.15, 0.2) is 0 Å². The van der Waals surface area contributed by atoms with E-state index in [4.69, 9.17) is 28.9 Å². The molecule has 2 N–H and O–H groups in total. The maximum atomic E-state index is 11.8. The summed E-state index contributed by atoms with van der Waals surface area (Å²) >= 11 is 0. The SMILES string of the molecule is NCCOCCOCCOCCOCCOS(=O)(=O)c1ccccc1. The highest BCUT2D eigenvalue weighted by Gasteiger charge is 2.13. The van der Waals surface area contributed by atoms with Crippen LogP contribution in [-0.2, 0) is 33.2 Å². The van der Waals surface area contributed by atoms with E-state index in [-0.39, 0.29) is 18.1 Å². The summed E-state index contributed by atoms with van der Waals surface area (Å²) in [7, 11) is -3.72. The zero-order valence-corrected chi connectivity index (χ0v) is 15.1. The van der Waals surface area contributed by atoms with Crippen molar-refractivity contribution in [3.8, 4) is 0 Å². The summed E-state index contributed by atoms with van der Waals surface area (Å²) in [5.41, 5.74) is 5.28. The Morgan fingerprint density at radius 1 is 0.680 bits per heavy atom. The molecule has 9 heteroatoms. The average Bonchev–Trinajstić information content (AvgIpc) is 2.63. The summed E-state index contributed by atoms with van der Waals surface area (Å²) in [4.78, 5) is 0.131. The molecule has 0 saturated heterocycles. The van der Waals surface area contributed by atoms with E-state index in [1.807, 2.05) is 0 Å². The molecule has 1 rings (SSSR count). The minimum Gasteiger partial charge on any atom is -0.378 e. The van der Waals surface area contributed by atoms with Crippen molar-refractivity contribution >= 4 is 10.1 Å². The molecule has 8 nitrogen and oxygen atoms in total. The zero-order valence-electron chi connectivity index (χ0n) is 14.3. The van der Waals surface area contributed by atoms with Gasteiger partial charge in [-0.3, -0.25) is 4.18 Å². The normalized spacial score (nSPS) is 11.7. The van der Waals surface area contributed by atoms with Crippen LogP contribution in [0.25, 0.3) is 0 Å². The first kappa shape index (κ1) is 22.0. The molecule has 0 aromatic heterocycles. The van der Waals surface area contributed by atoms with Crippen molar-refractivity contribution in [2.45, 2.75) is 4.90 Å². The van der Waals surface area contributed by atoms with Gasteiger partial charge in [0.05, 0.1) is 64.4 Å². The van der Waals surface area contributed by atoms with E-state index in [1.54, 1.807) is 18.2 Å². The lowest BCUT2D eigenvalue weighted by Gasteiger charge is -2.08. The first-order chi connectivity index (χ1) is 12.2. The first-order valence-corrected chi connectivity index (χ1v) is 9.53. The van der Waals surface area contributed by atoms with Gasteiger partial charge in [0.2, 0.25) is 0 Å². The van der Waals surface area contributed by atoms with E-state index >= 15 is 0 Å². The Balaban J connectivity index is 1.89. The Morgan fingerprint density at radius 2 is 1.12 bits per heavy atom. The van der Waals surface area contributed by atoms with E-state index < -0.39 is 10.1 Å². The van der Waals surface area contributed by atoms with E-state index in [1.165, 1.54) is 12.1 Å². The molecule has 1 aromatic carbocycles. The summed E-state index contributed by atoms with van der Waals surface area (Å²) in [5.74, 6) is 0. The van der Waals surface area contributed by atoms with Crippen molar-refractivity contribution in [1.29, 1.82) is 0 Å². The summed E-state index contributed by atoms with van der Waals surface area (Å²) < 4.78 is 49.5. The number of rotatable bonds is 16. The average molecular weight is 377 g/mol. The van der Waals surface area contributed by atoms with Crippen LogP contribution in [0.3, 0.4) is 0 Å². The van der Waals surface area contributed by atoms with Crippen LogP contribution in [0.4, 0.5) is 0 Å². The molecule has 0 spiro atoms. The minimum absolute atomic E-state index is 0.0386. The molecule has 0 unspecified atom stereocenters. The second-order valence-corrected chi connectivity index (χ2v) is 6.44. The first-order valence-electron chi connectivity index (χ1n) is 8.12. The predicted molar refractivity (Wildman–Crippen MR) is 91.9 cm³/mol. The molecule has 1 aromatic rings. The zero-order chi connectivity index (χ0) is 18.2. The van der Waals surface area contributed by atoms with Crippen molar-refractivity contribution < 1.29 is 31.5 Å². The Labute approximate surface area is 149 Å². The number of ether oxygens (including phenoxy) is 4. The number of hydrogen-bond donors (Lipinski definition) is 1. The summed E-state index contributed by atoms with van der Waals surface area (Å²) in [6.45, 7) is 3.89. The molecule has 0 amide bonds. The Hall–Kier alpha value is -1.07. The maximum Gasteiger partial charge on any atom is 0.297 e. The van der Waals surface area contributed by atoms with E-state index in [2.05, 4.69) is 0 Å². The van der Waals surface area contributed by atoms with Crippen LogP contribution < -0.4 is 5.73 Å². The van der Waals surface area contributed by atoms with Crippen LogP contribution in [0.5, 0.6) is 0 Å². The molecule has 0 fully saturated rings. The molecule has 0 atom stereocenters. The van der Waals surface area contributed by atoms with Gasteiger partial charge in [-0.1, -0.05) is 18.2 Å². The molecule has 0 aliphatic carbocycles. The molecule has 144 valence electrons. The molecular formula is C16H27NO7S. The van der Waals surface area contributed by atoms with Crippen LogP contribution in [0.2, 0.25) is 0 Å². The molecule has 0 aliphatic heterocycles. The fourth-order valence-corrected chi connectivity index (χ4v) is 2.62. The summed E-state index contributed by atoms with van der Waals surface area (Å²) in [5, 5.41) is 0. The number of nitrogens with two attached hydrogens (primary N) is 1. The van der Waals surface area contributed by atoms with Crippen molar-refractivity contribution in [1.82, 2.24) is 0 Å². The van der Waals surface area contributed by atoms with Crippen molar-refractivity contribution in [2.24, 2.45) is 5.73 Å². The van der Waals surface area contributed by atoms with E-state index in [9.17, 15) is 8.42 Å². The molecule has 0 bridgehead atoms. The number of benzene rings is 1. The number of hydrogen-bond acceptors (Lipinski definition) is 8. The fourth-order valence-electron chi connectivity index (χ4n) is 1.70. The van der Waals surface area contributed by atoms with Crippen LogP contribution >= 0.6 is 0 Å². The molecule has 0 saturated carbocycles. The summed E-state index contributed by atoms with van der Waals surface area (Å²) in [6, 6.07) is 7.98. The van der Waals surface area contributed by atoms with E-state index in [0.29, 0.717) is 52.8 Å². The Bertz CT molecular complexity index is 525. The van der Waals surface area contributed by atoms with Crippen LogP contribution in [0.1, 0.15) is 0 Å². The van der Waals surface area contributed by atoms with Crippen LogP contribution in [0, 0.1) is 0 Å². The Morgan fingerprint density at radius 3 is 1.60 bits per heavy atom. The lowest BCUT2D eigenvalue weighted by molar-refractivity contribution is -0.00367. The molecule has 0 radical (unpaired) electrons.